The van der Waals surface area contributed by atoms with E-state index in [0.717, 1.165) is 19.1 Å². The van der Waals surface area contributed by atoms with Crippen molar-refractivity contribution in [3.05, 3.63) is 34.9 Å². The van der Waals surface area contributed by atoms with Gasteiger partial charge in [-0.05, 0) is 32.3 Å². The molecule has 0 aromatic heterocycles. The normalized spacial score (nSPS) is 12.5. The van der Waals surface area contributed by atoms with E-state index in [4.69, 9.17) is 0 Å². The van der Waals surface area contributed by atoms with Crippen LogP contribution in [-0.2, 0) is 11.2 Å². The first kappa shape index (κ1) is 11.0. The van der Waals surface area contributed by atoms with Crippen molar-refractivity contribution in [2.24, 2.45) is 5.92 Å². The third-order valence-corrected chi connectivity index (χ3v) is 2.40. The Balaban J connectivity index is 2.62. The van der Waals surface area contributed by atoms with Crippen molar-refractivity contribution >= 4 is 6.29 Å². The highest BCUT2D eigenvalue weighted by molar-refractivity contribution is 5.52. The Morgan fingerprint density at radius 2 is 1.79 bits per heavy atom. The van der Waals surface area contributed by atoms with Crippen molar-refractivity contribution < 1.29 is 4.79 Å². The summed E-state index contributed by atoms with van der Waals surface area (Å²) in [6.45, 7) is 6.19. The van der Waals surface area contributed by atoms with E-state index in [0.29, 0.717) is 0 Å². The zero-order valence-corrected chi connectivity index (χ0v) is 9.21. The highest BCUT2D eigenvalue weighted by atomic mass is 16.1. The fraction of sp³-hybridized carbons (Fsp3) is 0.462. The third-order valence-electron chi connectivity index (χ3n) is 2.40. The Kier molecular flexibility index (Phi) is 3.87. The minimum absolute atomic E-state index is 0.177. The molecule has 0 aliphatic heterocycles. The highest BCUT2D eigenvalue weighted by Gasteiger charge is 2.01. The quantitative estimate of drug-likeness (QED) is 0.667. The first-order chi connectivity index (χ1) is 6.61. The van der Waals surface area contributed by atoms with E-state index in [1.807, 2.05) is 6.92 Å². The standard InChI is InChI=1S/C13H18O/c1-10(9-14)4-5-13-7-11(2)6-12(3)8-13/h6-10H,4-5H2,1-3H3. The molecule has 1 aromatic carbocycles. The van der Waals surface area contributed by atoms with E-state index >= 15 is 0 Å². The van der Waals surface area contributed by atoms with Crippen molar-refractivity contribution in [2.45, 2.75) is 33.6 Å². The van der Waals surface area contributed by atoms with Gasteiger partial charge < -0.3 is 4.79 Å². The molecule has 0 radical (unpaired) electrons. The van der Waals surface area contributed by atoms with Gasteiger partial charge in [0.25, 0.3) is 0 Å². The summed E-state index contributed by atoms with van der Waals surface area (Å²) in [7, 11) is 0. The average Bonchev–Trinajstić information content (AvgIpc) is 2.12. The molecule has 0 saturated heterocycles. The number of carbonyl (C=O) groups is 1. The number of carbonyl (C=O) groups excluding carboxylic acids is 1. The minimum Gasteiger partial charge on any atom is -0.303 e. The Hall–Kier alpha value is -1.11. The summed E-state index contributed by atoms with van der Waals surface area (Å²) in [4.78, 5) is 10.5. The lowest BCUT2D eigenvalue weighted by Crippen LogP contribution is -1.98. The van der Waals surface area contributed by atoms with E-state index < -0.39 is 0 Å². The molecule has 0 aliphatic carbocycles. The summed E-state index contributed by atoms with van der Waals surface area (Å²) in [6, 6.07) is 6.57. The van der Waals surface area contributed by atoms with E-state index in [1.54, 1.807) is 0 Å². The number of aryl methyl sites for hydroxylation is 3. The van der Waals surface area contributed by atoms with Gasteiger partial charge in [0.15, 0.2) is 0 Å². The topological polar surface area (TPSA) is 17.1 Å². The van der Waals surface area contributed by atoms with E-state index in [1.165, 1.54) is 16.7 Å². The van der Waals surface area contributed by atoms with Crippen molar-refractivity contribution in [1.82, 2.24) is 0 Å². The molecule has 0 aliphatic rings. The van der Waals surface area contributed by atoms with Crippen LogP contribution in [0.1, 0.15) is 30.0 Å². The van der Waals surface area contributed by atoms with Crippen LogP contribution in [0.4, 0.5) is 0 Å². The van der Waals surface area contributed by atoms with Crippen LogP contribution >= 0.6 is 0 Å². The lowest BCUT2D eigenvalue weighted by Gasteiger charge is -2.06. The first-order valence-corrected chi connectivity index (χ1v) is 5.14. The molecule has 0 heterocycles. The fourth-order valence-electron chi connectivity index (χ4n) is 1.68. The molecule has 1 unspecified atom stereocenters. The summed E-state index contributed by atoms with van der Waals surface area (Å²) in [5.74, 6) is 0.177. The zero-order chi connectivity index (χ0) is 10.6. The molecule has 0 bridgehead atoms. The van der Waals surface area contributed by atoms with Gasteiger partial charge in [-0.25, -0.2) is 0 Å². The van der Waals surface area contributed by atoms with E-state index in [2.05, 4.69) is 32.0 Å². The number of rotatable bonds is 4. The molecule has 14 heavy (non-hydrogen) atoms. The van der Waals surface area contributed by atoms with Gasteiger partial charge in [0, 0.05) is 5.92 Å². The zero-order valence-electron chi connectivity index (χ0n) is 9.21. The predicted molar refractivity (Wildman–Crippen MR) is 59.5 cm³/mol. The summed E-state index contributed by atoms with van der Waals surface area (Å²) in [5.41, 5.74) is 3.95. The van der Waals surface area contributed by atoms with Crippen LogP contribution in [0.3, 0.4) is 0 Å². The monoisotopic (exact) mass is 190 g/mol. The molecule has 1 nitrogen and oxygen atoms in total. The number of aldehydes is 1. The maximum Gasteiger partial charge on any atom is 0.122 e. The smallest absolute Gasteiger partial charge is 0.122 e. The fourth-order valence-corrected chi connectivity index (χ4v) is 1.68. The molecule has 1 heteroatoms. The lowest BCUT2D eigenvalue weighted by atomic mass is 9.99. The number of hydrogen-bond acceptors (Lipinski definition) is 1. The van der Waals surface area contributed by atoms with Crippen molar-refractivity contribution in [2.75, 3.05) is 0 Å². The van der Waals surface area contributed by atoms with Gasteiger partial charge >= 0.3 is 0 Å². The Morgan fingerprint density at radius 3 is 2.29 bits per heavy atom. The molecule has 1 aromatic rings. The van der Waals surface area contributed by atoms with Gasteiger partial charge in [-0.2, -0.15) is 0 Å². The molecule has 0 spiro atoms. The molecular formula is C13H18O. The van der Waals surface area contributed by atoms with E-state index in [9.17, 15) is 4.79 Å². The summed E-state index contributed by atoms with van der Waals surface area (Å²) in [6.07, 6.45) is 2.98. The maximum atomic E-state index is 10.5. The Morgan fingerprint density at radius 1 is 1.21 bits per heavy atom. The minimum atomic E-state index is 0.177. The van der Waals surface area contributed by atoms with Crippen LogP contribution in [0.5, 0.6) is 0 Å². The maximum absolute atomic E-state index is 10.5. The second-order valence-corrected chi connectivity index (χ2v) is 4.15. The van der Waals surface area contributed by atoms with Crippen molar-refractivity contribution in [3.63, 3.8) is 0 Å². The van der Waals surface area contributed by atoms with Gasteiger partial charge in [0.05, 0.1) is 0 Å². The third kappa shape index (κ3) is 3.33. The Labute approximate surface area is 86.1 Å². The molecule has 0 fully saturated rings. The van der Waals surface area contributed by atoms with Crippen LogP contribution in [0, 0.1) is 19.8 Å². The lowest BCUT2D eigenvalue weighted by molar-refractivity contribution is -0.110. The van der Waals surface area contributed by atoms with Crippen LogP contribution in [0.15, 0.2) is 18.2 Å². The van der Waals surface area contributed by atoms with Crippen molar-refractivity contribution in [3.8, 4) is 0 Å². The molecule has 76 valence electrons. The average molecular weight is 190 g/mol. The largest absolute Gasteiger partial charge is 0.303 e. The number of hydrogen-bond donors (Lipinski definition) is 0. The predicted octanol–water partition coefficient (Wildman–Crippen LogP) is 3.07. The molecule has 0 saturated carbocycles. The van der Waals surface area contributed by atoms with E-state index in [-0.39, 0.29) is 5.92 Å². The summed E-state index contributed by atoms with van der Waals surface area (Å²) in [5, 5.41) is 0. The summed E-state index contributed by atoms with van der Waals surface area (Å²) >= 11 is 0. The van der Waals surface area contributed by atoms with Gasteiger partial charge in [-0.15, -0.1) is 0 Å². The number of benzene rings is 1. The van der Waals surface area contributed by atoms with Crippen LogP contribution in [-0.4, -0.2) is 6.29 Å². The molecule has 1 rings (SSSR count). The molecular weight excluding hydrogens is 172 g/mol. The molecule has 0 amide bonds. The van der Waals surface area contributed by atoms with Gasteiger partial charge in [-0.1, -0.05) is 36.2 Å². The Bertz CT molecular complexity index is 295. The van der Waals surface area contributed by atoms with Gasteiger partial charge in [0.1, 0.15) is 6.29 Å². The summed E-state index contributed by atoms with van der Waals surface area (Å²) < 4.78 is 0. The molecule has 0 N–H and O–H groups in total. The second kappa shape index (κ2) is 4.94. The SMILES string of the molecule is Cc1cc(C)cc(CCC(C)C=O)c1. The van der Waals surface area contributed by atoms with Crippen LogP contribution in [0.2, 0.25) is 0 Å². The van der Waals surface area contributed by atoms with Gasteiger partial charge in [0.2, 0.25) is 0 Å². The van der Waals surface area contributed by atoms with Crippen LogP contribution < -0.4 is 0 Å². The van der Waals surface area contributed by atoms with Gasteiger partial charge in [-0.3, -0.25) is 0 Å². The molecule has 1 atom stereocenters. The van der Waals surface area contributed by atoms with Crippen molar-refractivity contribution in [1.29, 1.82) is 0 Å². The first-order valence-electron chi connectivity index (χ1n) is 5.14. The highest BCUT2D eigenvalue weighted by Crippen LogP contribution is 2.12. The second-order valence-electron chi connectivity index (χ2n) is 4.15. The van der Waals surface area contributed by atoms with Crippen LogP contribution in [0.25, 0.3) is 0 Å².